The summed E-state index contributed by atoms with van der Waals surface area (Å²) in [5.74, 6) is 0. The van der Waals surface area contributed by atoms with Gasteiger partial charge in [0.25, 0.3) is 0 Å². The van der Waals surface area contributed by atoms with E-state index in [1.54, 1.807) is 27.7 Å². The largest absolute Gasteiger partial charge is 0.324 e. The van der Waals surface area contributed by atoms with Crippen LogP contribution in [-0.4, -0.2) is 15.4 Å². The highest BCUT2D eigenvalue weighted by atomic mass is 35.5. The van der Waals surface area contributed by atoms with Gasteiger partial charge in [0, 0.05) is 11.2 Å². The molecule has 0 aliphatic heterocycles. The van der Waals surface area contributed by atoms with Crippen LogP contribution in [0.1, 0.15) is 36.7 Å². The van der Waals surface area contributed by atoms with E-state index in [9.17, 15) is 10.1 Å². The molecular formula is C11H17ClN4O2. The lowest BCUT2D eigenvalue weighted by molar-refractivity contribution is -0.386. The van der Waals surface area contributed by atoms with E-state index in [-0.39, 0.29) is 10.8 Å². The first-order valence-corrected chi connectivity index (χ1v) is 5.80. The first-order chi connectivity index (χ1) is 8.07. The fourth-order valence-corrected chi connectivity index (χ4v) is 1.99. The van der Waals surface area contributed by atoms with E-state index in [0.717, 1.165) is 0 Å². The summed E-state index contributed by atoms with van der Waals surface area (Å²) in [6.07, 6.45) is 0. The molecule has 0 spiro atoms. The quantitative estimate of drug-likeness (QED) is 0.497. The second-order valence-corrected chi connectivity index (χ2v) is 5.29. The zero-order chi connectivity index (χ0) is 14.2. The summed E-state index contributed by atoms with van der Waals surface area (Å²) >= 11 is 5.85. The molecule has 100 valence electrons. The smallest absolute Gasteiger partial charge is 0.311 e. The normalized spacial score (nSPS) is 13.5. The maximum absolute atomic E-state index is 11.1. The zero-order valence-corrected chi connectivity index (χ0v) is 11.6. The molecule has 0 aromatic carbocycles. The number of nitrogens with zero attached hydrogens (tertiary/aromatic N) is 2. The molecule has 7 heteroatoms. The molecule has 6 nitrogen and oxygen atoms in total. The lowest BCUT2D eigenvalue weighted by Crippen LogP contribution is -2.44. The Balaban J connectivity index is 3.64. The summed E-state index contributed by atoms with van der Waals surface area (Å²) in [5, 5.41) is 11.0. The molecule has 0 fully saturated rings. The van der Waals surface area contributed by atoms with Crippen molar-refractivity contribution in [3.63, 3.8) is 0 Å². The lowest BCUT2D eigenvalue weighted by atomic mass is 9.87. The van der Waals surface area contributed by atoms with Crippen LogP contribution in [0.25, 0.3) is 0 Å². The molecule has 18 heavy (non-hydrogen) atoms. The maximum Gasteiger partial charge on any atom is 0.311 e. The van der Waals surface area contributed by atoms with E-state index in [4.69, 9.17) is 23.1 Å². The van der Waals surface area contributed by atoms with E-state index in [1.807, 2.05) is 0 Å². The summed E-state index contributed by atoms with van der Waals surface area (Å²) in [6, 6.07) is -0.697. The molecular weight excluding hydrogens is 256 g/mol. The van der Waals surface area contributed by atoms with Gasteiger partial charge in [-0.3, -0.25) is 10.1 Å². The van der Waals surface area contributed by atoms with Gasteiger partial charge in [-0.15, -0.1) is 0 Å². The van der Waals surface area contributed by atoms with Gasteiger partial charge in [0.15, 0.2) is 0 Å². The Kier molecular flexibility index (Phi) is 3.95. The van der Waals surface area contributed by atoms with Crippen LogP contribution in [0.5, 0.6) is 0 Å². The van der Waals surface area contributed by atoms with Crippen LogP contribution in [0.3, 0.4) is 0 Å². The van der Waals surface area contributed by atoms with Gasteiger partial charge in [0.2, 0.25) is 5.15 Å². The fraction of sp³-hybridized carbons (Fsp3) is 0.545. The van der Waals surface area contributed by atoms with Crippen molar-refractivity contribution < 1.29 is 4.92 Å². The molecule has 0 radical (unpaired) electrons. The van der Waals surface area contributed by atoms with Crippen LogP contribution < -0.4 is 11.5 Å². The SMILES string of the molecule is Cc1nc(Cl)c([N+](=O)[O-])c(C(N)C(C)(C)N)c1C. The standard InChI is InChI=1S/C11H17ClN4O2/c1-5-6(2)15-10(12)8(16(17)18)7(5)9(13)11(3,4)14/h9H,13-14H2,1-4H3. The fourth-order valence-electron chi connectivity index (χ4n) is 1.69. The van der Waals surface area contributed by atoms with Crippen LogP contribution in [0, 0.1) is 24.0 Å². The van der Waals surface area contributed by atoms with Crippen molar-refractivity contribution in [3.8, 4) is 0 Å². The minimum absolute atomic E-state index is 0.155. The van der Waals surface area contributed by atoms with Gasteiger partial charge in [-0.05, 0) is 33.3 Å². The van der Waals surface area contributed by atoms with Gasteiger partial charge in [0.1, 0.15) is 0 Å². The Morgan fingerprint density at radius 3 is 2.33 bits per heavy atom. The molecule has 1 heterocycles. The van der Waals surface area contributed by atoms with E-state index in [1.165, 1.54) is 0 Å². The zero-order valence-electron chi connectivity index (χ0n) is 10.8. The van der Waals surface area contributed by atoms with Gasteiger partial charge in [-0.25, -0.2) is 4.98 Å². The second-order valence-electron chi connectivity index (χ2n) is 4.93. The molecule has 4 N–H and O–H groups in total. The van der Waals surface area contributed by atoms with E-state index in [0.29, 0.717) is 16.8 Å². The molecule has 0 saturated heterocycles. The van der Waals surface area contributed by atoms with Crippen LogP contribution in [0.15, 0.2) is 0 Å². The number of hydrogen-bond donors (Lipinski definition) is 2. The van der Waals surface area contributed by atoms with Crippen molar-refractivity contribution in [3.05, 3.63) is 32.1 Å². The Bertz CT molecular complexity index is 497. The molecule has 0 aliphatic rings. The first-order valence-electron chi connectivity index (χ1n) is 5.42. The van der Waals surface area contributed by atoms with Gasteiger partial charge in [-0.1, -0.05) is 11.6 Å². The molecule has 1 atom stereocenters. The number of nitrogens with two attached hydrogens (primary N) is 2. The predicted octanol–water partition coefficient (Wildman–Crippen LogP) is 2.00. The van der Waals surface area contributed by atoms with E-state index >= 15 is 0 Å². The molecule has 1 aromatic rings. The Hall–Kier alpha value is -1.24. The summed E-state index contributed by atoms with van der Waals surface area (Å²) < 4.78 is 0. The number of hydrogen-bond acceptors (Lipinski definition) is 5. The van der Waals surface area contributed by atoms with E-state index in [2.05, 4.69) is 4.98 Å². The minimum Gasteiger partial charge on any atom is -0.324 e. The highest BCUT2D eigenvalue weighted by Gasteiger charge is 2.34. The van der Waals surface area contributed by atoms with Crippen molar-refractivity contribution in [1.29, 1.82) is 0 Å². The molecule has 1 unspecified atom stereocenters. The number of nitro groups is 1. The van der Waals surface area contributed by atoms with Crippen LogP contribution in [0.4, 0.5) is 5.69 Å². The monoisotopic (exact) mass is 272 g/mol. The van der Waals surface area contributed by atoms with E-state index < -0.39 is 16.5 Å². The molecule has 1 aromatic heterocycles. The topological polar surface area (TPSA) is 108 Å². The molecule has 0 amide bonds. The number of rotatable bonds is 3. The lowest BCUT2D eigenvalue weighted by Gasteiger charge is -2.28. The van der Waals surface area contributed by atoms with Crippen molar-refractivity contribution in [2.45, 2.75) is 39.3 Å². The predicted molar refractivity (Wildman–Crippen MR) is 70.6 cm³/mol. The van der Waals surface area contributed by atoms with Crippen molar-refractivity contribution in [2.24, 2.45) is 11.5 Å². The minimum atomic E-state index is -0.799. The third-order valence-corrected chi connectivity index (χ3v) is 3.22. The molecule has 0 saturated carbocycles. The van der Waals surface area contributed by atoms with Crippen molar-refractivity contribution >= 4 is 17.3 Å². The summed E-state index contributed by atoms with van der Waals surface area (Å²) in [7, 11) is 0. The van der Waals surface area contributed by atoms with Crippen LogP contribution in [0.2, 0.25) is 5.15 Å². The third kappa shape index (κ3) is 2.60. The highest BCUT2D eigenvalue weighted by molar-refractivity contribution is 6.31. The number of aryl methyl sites for hydroxylation is 1. The van der Waals surface area contributed by atoms with Crippen LogP contribution >= 0.6 is 11.6 Å². The third-order valence-electron chi connectivity index (χ3n) is 2.96. The summed E-state index contributed by atoms with van der Waals surface area (Å²) in [6.45, 7) is 6.88. The number of aromatic nitrogens is 1. The Morgan fingerprint density at radius 1 is 1.44 bits per heavy atom. The molecule has 0 bridgehead atoms. The van der Waals surface area contributed by atoms with Crippen molar-refractivity contribution in [2.75, 3.05) is 0 Å². The van der Waals surface area contributed by atoms with Crippen molar-refractivity contribution in [1.82, 2.24) is 4.98 Å². The maximum atomic E-state index is 11.1. The molecule has 0 aliphatic carbocycles. The average molecular weight is 273 g/mol. The van der Waals surface area contributed by atoms with Gasteiger partial charge in [0.05, 0.1) is 16.5 Å². The van der Waals surface area contributed by atoms with Gasteiger partial charge in [-0.2, -0.15) is 0 Å². The second kappa shape index (κ2) is 4.79. The Morgan fingerprint density at radius 2 is 1.94 bits per heavy atom. The first kappa shape index (κ1) is 14.8. The number of halogens is 1. The average Bonchev–Trinajstić information content (AvgIpc) is 2.19. The highest BCUT2D eigenvalue weighted by Crippen LogP contribution is 2.37. The van der Waals surface area contributed by atoms with Gasteiger partial charge < -0.3 is 11.5 Å². The summed E-state index contributed by atoms with van der Waals surface area (Å²) in [5.41, 5.74) is 12.5. The number of pyridine rings is 1. The van der Waals surface area contributed by atoms with Gasteiger partial charge >= 0.3 is 5.69 Å². The van der Waals surface area contributed by atoms with Crippen LogP contribution in [-0.2, 0) is 0 Å². The molecule has 1 rings (SSSR count). The summed E-state index contributed by atoms with van der Waals surface area (Å²) in [4.78, 5) is 14.5. The Labute approximate surface area is 110 Å².